The molecule has 5 fully saturated rings. The Balaban J connectivity index is 1.07. The maximum absolute atomic E-state index is 14.3. The summed E-state index contributed by atoms with van der Waals surface area (Å²) in [5.74, 6) is -0.398. The van der Waals surface area contributed by atoms with E-state index in [1.165, 1.54) is 0 Å². The number of benzene rings is 1. The predicted molar refractivity (Wildman–Crippen MR) is 243 cm³/mol. The molecule has 7 rings (SSSR count). The second-order valence-electron chi connectivity index (χ2n) is 24.5. The molecule has 0 bridgehead atoms. The van der Waals surface area contributed by atoms with Crippen LogP contribution in [0.5, 0.6) is 0 Å². The van der Waals surface area contributed by atoms with Crippen molar-refractivity contribution in [1.82, 2.24) is 10.6 Å². The highest BCUT2D eigenvalue weighted by atomic mass is 16.6. The van der Waals surface area contributed by atoms with Gasteiger partial charge in [0.25, 0.3) is 0 Å². The number of ketones is 1. The van der Waals surface area contributed by atoms with Gasteiger partial charge in [-0.1, -0.05) is 92.6 Å². The molecule has 0 unspecified atom stereocenters. The van der Waals surface area contributed by atoms with Crippen LogP contribution in [0.25, 0.3) is 0 Å². The molecule has 2 N–H and O–H groups in total. The van der Waals surface area contributed by atoms with E-state index in [1.807, 2.05) is 44.2 Å². The first-order chi connectivity index (χ1) is 29.0. The van der Waals surface area contributed by atoms with Crippen LogP contribution in [-0.4, -0.2) is 52.5 Å². The number of Topliss-reactive ketones (excluding diaryl/α,β-unsaturated/α-hetero) is 1. The molecule has 0 aromatic heterocycles. The van der Waals surface area contributed by atoms with Gasteiger partial charge in [0.15, 0.2) is 5.78 Å². The van der Waals surface area contributed by atoms with Crippen molar-refractivity contribution in [3.63, 3.8) is 0 Å². The van der Waals surface area contributed by atoms with Crippen molar-refractivity contribution >= 4 is 29.7 Å². The second-order valence-corrected chi connectivity index (χ2v) is 24.5. The number of carbonyl (C=O) groups excluding carboxylic acids is 5. The molecule has 6 aliphatic carbocycles. The molecule has 63 heavy (non-hydrogen) atoms. The molecule has 348 valence electrons. The van der Waals surface area contributed by atoms with E-state index in [2.05, 4.69) is 59.1 Å². The Morgan fingerprint density at radius 1 is 0.762 bits per heavy atom. The van der Waals surface area contributed by atoms with Crippen LogP contribution in [0.15, 0.2) is 41.5 Å². The number of carbonyl (C=O) groups is 5. The van der Waals surface area contributed by atoms with Gasteiger partial charge < -0.3 is 24.8 Å². The molecule has 0 heterocycles. The van der Waals surface area contributed by atoms with E-state index >= 15 is 0 Å². The summed E-state index contributed by atoms with van der Waals surface area (Å²) in [5, 5.41) is 6.22. The fraction of sp³-hybridized carbons (Fsp3) is 0.755. The molecule has 0 radical (unpaired) electrons. The van der Waals surface area contributed by atoms with E-state index in [0.29, 0.717) is 24.7 Å². The van der Waals surface area contributed by atoms with Crippen LogP contribution >= 0.6 is 0 Å². The highest BCUT2D eigenvalue weighted by Crippen LogP contribution is 2.76. The monoisotopic (exact) mass is 871 g/mol. The minimum Gasteiger partial charge on any atom is -0.462 e. The zero-order valence-corrected chi connectivity index (χ0v) is 41.0. The smallest absolute Gasteiger partial charge is 0.408 e. The zero-order valence-electron chi connectivity index (χ0n) is 41.0. The lowest BCUT2D eigenvalue weighted by Crippen LogP contribution is -2.68. The Hall–Kier alpha value is -3.69. The van der Waals surface area contributed by atoms with Crippen molar-refractivity contribution in [1.29, 1.82) is 0 Å². The van der Waals surface area contributed by atoms with Crippen LogP contribution in [-0.2, 0) is 40.0 Å². The average molecular weight is 871 g/mol. The number of hydrogen-bond donors (Lipinski definition) is 2. The van der Waals surface area contributed by atoms with Crippen LogP contribution in [0, 0.1) is 62.6 Å². The lowest BCUT2D eigenvalue weighted by molar-refractivity contribution is -0.235. The Morgan fingerprint density at radius 3 is 2.03 bits per heavy atom. The summed E-state index contributed by atoms with van der Waals surface area (Å²) in [6, 6.07) is 9.67. The largest absolute Gasteiger partial charge is 0.462 e. The van der Waals surface area contributed by atoms with E-state index < -0.39 is 28.2 Å². The average Bonchev–Trinajstić information content (AvgIpc) is 3.46. The van der Waals surface area contributed by atoms with E-state index in [9.17, 15) is 24.0 Å². The van der Waals surface area contributed by atoms with E-state index in [0.717, 1.165) is 61.7 Å². The lowest BCUT2D eigenvalue weighted by Gasteiger charge is -2.72. The molecule has 0 aliphatic heterocycles. The maximum Gasteiger partial charge on any atom is 0.408 e. The number of allylic oxidation sites excluding steroid dienone is 1. The Kier molecular flexibility index (Phi) is 11.8. The first-order valence-corrected chi connectivity index (χ1v) is 24.1. The quantitative estimate of drug-likeness (QED) is 0.185. The third-order valence-corrected chi connectivity index (χ3v) is 18.4. The standard InChI is InChI=1S/C53H78N2O8/c1-31(2)40-36(56)29-53(54-44(59)49(10,11)55-45(60)63-46(3,4)5)27-26-51(13)33(41(40)53)20-21-38-50(12)24-23-39(48(8,9)37(50)22-25-52(38,51)14)62-43(58)35-28-34(47(35,6)7)42(57)61-30-32-18-16-15-17-19-32/h15-19,31,33-35,37-39H,20-30H2,1-14H3,(H,54,59)(H,55,60)/t33-,34-,35+,37+,38-,39+,50+,51-,52-,53-/m1/s1. The number of amides is 2. The van der Waals surface area contributed by atoms with Gasteiger partial charge in [0.1, 0.15) is 23.9 Å². The van der Waals surface area contributed by atoms with Gasteiger partial charge in [-0.15, -0.1) is 0 Å². The SMILES string of the molecule is CC(C)C1=C2[C@H]3CC[C@@H]4[C@@]5(C)CC[C@H](OC(=O)[C@@H]6C[C@H](C(=O)OCc7ccccc7)C6(C)C)C(C)(C)[C@@H]5CC[C@@]4(C)[C@]3(C)CC[C@@]2(NC(=O)C(C)(C)NC(=O)OC(C)(C)C)CC1=O. The minimum absolute atomic E-state index is 0.0175. The fourth-order valence-electron chi connectivity index (χ4n) is 14.7. The fourth-order valence-corrected chi connectivity index (χ4v) is 14.7. The maximum atomic E-state index is 14.3. The molecular formula is C53H78N2O8. The van der Waals surface area contributed by atoms with Gasteiger partial charge >= 0.3 is 18.0 Å². The molecule has 10 heteroatoms. The van der Waals surface area contributed by atoms with Crippen molar-refractivity contribution in [2.24, 2.45) is 62.6 Å². The van der Waals surface area contributed by atoms with E-state index in [1.54, 1.807) is 34.6 Å². The molecule has 10 atom stereocenters. The van der Waals surface area contributed by atoms with Crippen LogP contribution in [0.3, 0.4) is 0 Å². The highest BCUT2D eigenvalue weighted by molar-refractivity contribution is 6.03. The van der Waals surface area contributed by atoms with Gasteiger partial charge in [-0.3, -0.25) is 19.2 Å². The summed E-state index contributed by atoms with van der Waals surface area (Å²) < 4.78 is 17.8. The second kappa shape index (κ2) is 15.7. The molecule has 6 aliphatic rings. The van der Waals surface area contributed by atoms with Crippen LogP contribution < -0.4 is 10.6 Å². The first kappa shape index (κ1) is 47.3. The van der Waals surface area contributed by atoms with Crippen LogP contribution in [0.2, 0.25) is 0 Å². The number of fused-ring (bicyclic) bond motifs is 7. The molecule has 1 aromatic carbocycles. The normalized spacial score (nSPS) is 36.7. The summed E-state index contributed by atoms with van der Waals surface area (Å²) in [4.78, 5) is 68.5. The number of esters is 2. The Morgan fingerprint density at radius 2 is 1.41 bits per heavy atom. The molecule has 10 nitrogen and oxygen atoms in total. The summed E-state index contributed by atoms with van der Waals surface area (Å²) in [6.07, 6.45) is 7.20. The molecule has 5 saturated carbocycles. The third-order valence-electron chi connectivity index (χ3n) is 18.4. The van der Waals surface area contributed by atoms with Gasteiger partial charge in [-0.05, 0) is 154 Å². The molecule has 0 saturated heterocycles. The van der Waals surface area contributed by atoms with Gasteiger partial charge in [0, 0.05) is 11.8 Å². The lowest BCUT2D eigenvalue weighted by atomic mass is 9.33. The van der Waals surface area contributed by atoms with Crippen LogP contribution in [0.4, 0.5) is 4.79 Å². The third kappa shape index (κ3) is 7.76. The van der Waals surface area contributed by atoms with Crippen molar-refractivity contribution in [2.45, 2.75) is 191 Å². The predicted octanol–water partition coefficient (Wildman–Crippen LogP) is 10.5. The topological polar surface area (TPSA) is 137 Å². The van der Waals surface area contributed by atoms with Crippen molar-refractivity contribution < 1.29 is 38.2 Å². The number of alkyl carbamates (subject to hydrolysis) is 1. The van der Waals surface area contributed by atoms with E-state index in [4.69, 9.17) is 14.2 Å². The summed E-state index contributed by atoms with van der Waals surface area (Å²) in [5.41, 5.74) is -0.703. The number of nitrogens with one attached hydrogen (secondary N) is 2. The molecule has 1 aromatic rings. The van der Waals surface area contributed by atoms with Crippen molar-refractivity contribution in [3.05, 3.63) is 47.0 Å². The molecular weight excluding hydrogens is 793 g/mol. The Bertz CT molecular complexity index is 2040. The van der Waals surface area contributed by atoms with Gasteiger partial charge in [0.2, 0.25) is 5.91 Å². The van der Waals surface area contributed by atoms with Gasteiger partial charge in [-0.25, -0.2) is 4.79 Å². The summed E-state index contributed by atoms with van der Waals surface area (Å²) in [7, 11) is 0. The molecule has 2 amide bonds. The van der Waals surface area contributed by atoms with Gasteiger partial charge in [0.05, 0.1) is 17.4 Å². The van der Waals surface area contributed by atoms with Crippen molar-refractivity contribution in [3.8, 4) is 0 Å². The van der Waals surface area contributed by atoms with E-state index in [-0.39, 0.29) is 88.1 Å². The minimum atomic E-state index is -1.27. The summed E-state index contributed by atoms with van der Waals surface area (Å²) >= 11 is 0. The zero-order chi connectivity index (χ0) is 46.5. The number of ether oxygens (including phenoxy) is 3. The first-order valence-electron chi connectivity index (χ1n) is 24.1. The summed E-state index contributed by atoms with van der Waals surface area (Å²) in [6.45, 7) is 29.4. The van der Waals surface area contributed by atoms with Crippen LogP contribution in [0.1, 0.15) is 167 Å². The highest BCUT2D eigenvalue weighted by Gasteiger charge is 2.71. The number of hydrogen-bond acceptors (Lipinski definition) is 8. The Labute approximate surface area is 377 Å². The van der Waals surface area contributed by atoms with Crippen molar-refractivity contribution in [2.75, 3.05) is 0 Å². The number of rotatable bonds is 9. The van der Waals surface area contributed by atoms with Gasteiger partial charge in [-0.2, -0.15) is 0 Å². The molecule has 0 spiro atoms.